The summed E-state index contributed by atoms with van der Waals surface area (Å²) in [5, 5.41) is 12.0. The van der Waals surface area contributed by atoms with Crippen LogP contribution in [0.1, 0.15) is 54.7 Å². The Labute approximate surface area is 142 Å². The van der Waals surface area contributed by atoms with E-state index in [4.69, 9.17) is 5.11 Å². The molecular weight excluding hydrogens is 302 g/mol. The van der Waals surface area contributed by atoms with Crippen LogP contribution in [0.3, 0.4) is 0 Å². The number of nitrogens with one attached hydrogen (secondary N) is 1. The Morgan fingerprint density at radius 2 is 1.58 bits per heavy atom. The minimum Gasteiger partial charge on any atom is -0.481 e. The molecule has 2 aromatic carbocycles. The van der Waals surface area contributed by atoms with Crippen molar-refractivity contribution in [2.24, 2.45) is 0 Å². The standard InChI is InChI=1S/C20H23NO3/c1-20(2,3)16-11-9-14(10-12-16)17(13-18(22)23)21-19(24)15-7-5-4-6-8-15/h4-12,17H,13H2,1-3H3,(H,21,24)(H,22,23)/t17-/m1/s1. The van der Waals surface area contributed by atoms with Gasteiger partial charge in [-0.15, -0.1) is 0 Å². The molecular formula is C20H23NO3. The van der Waals surface area contributed by atoms with Crippen molar-refractivity contribution >= 4 is 11.9 Å². The summed E-state index contributed by atoms with van der Waals surface area (Å²) < 4.78 is 0. The maximum absolute atomic E-state index is 12.3. The lowest BCUT2D eigenvalue weighted by molar-refractivity contribution is -0.137. The molecule has 2 rings (SSSR count). The van der Waals surface area contributed by atoms with Crippen molar-refractivity contribution in [3.05, 3.63) is 71.3 Å². The predicted octanol–water partition coefficient (Wildman–Crippen LogP) is 3.93. The molecule has 0 heterocycles. The molecule has 0 saturated heterocycles. The average Bonchev–Trinajstić information content (AvgIpc) is 2.54. The van der Waals surface area contributed by atoms with E-state index in [-0.39, 0.29) is 17.7 Å². The molecule has 2 N–H and O–H groups in total. The summed E-state index contributed by atoms with van der Waals surface area (Å²) in [6.45, 7) is 6.36. The van der Waals surface area contributed by atoms with Crippen LogP contribution in [0.5, 0.6) is 0 Å². The van der Waals surface area contributed by atoms with E-state index in [0.717, 1.165) is 11.1 Å². The van der Waals surface area contributed by atoms with Gasteiger partial charge >= 0.3 is 5.97 Å². The first-order valence-corrected chi connectivity index (χ1v) is 7.95. The zero-order valence-electron chi connectivity index (χ0n) is 14.2. The number of carbonyl (C=O) groups excluding carboxylic acids is 1. The molecule has 126 valence electrons. The monoisotopic (exact) mass is 325 g/mol. The van der Waals surface area contributed by atoms with Gasteiger partial charge in [-0.1, -0.05) is 63.2 Å². The number of amides is 1. The molecule has 24 heavy (non-hydrogen) atoms. The lowest BCUT2D eigenvalue weighted by Crippen LogP contribution is -2.30. The average molecular weight is 325 g/mol. The predicted molar refractivity (Wildman–Crippen MR) is 94.0 cm³/mol. The van der Waals surface area contributed by atoms with Crippen LogP contribution < -0.4 is 5.32 Å². The zero-order valence-corrected chi connectivity index (χ0v) is 14.2. The van der Waals surface area contributed by atoms with E-state index >= 15 is 0 Å². The van der Waals surface area contributed by atoms with Gasteiger partial charge in [0, 0.05) is 5.56 Å². The van der Waals surface area contributed by atoms with Crippen molar-refractivity contribution in [3.8, 4) is 0 Å². The van der Waals surface area contributed by atoms with Crippen LogP contribution in [0.25, 0.3) is 0 Å². The van der Waals surface area contributed by atoms with Gasteiger partial charge in [0.2, 0.25) is 0 Å². The van der Waals surface area contributed by atoms with E-state index in [1.165, 1.54) is 0 Å². The molecule has 1 atom stereocenters. The zero-order chi connectivity index (χ0) is 17.7. The second-order valence-electron chi connectivity index (χ2n) is 6.86. The molecule has 0 unspecified atom stereocenters. The van der Waals surface area contributed by atoms with E-state index in [1.54, 1.807) is 24.3 Å². The SMILES string of the molecule is CC(C)(C)c1ccc([C@@H](CC(=O)O)NC(=O)c2ccccc2)cc1. The number of carboxylic acid groups (broad SMARTS) is 1. The van der Waals surface area contributed by atoms with Crippen molar-refractivity contribution in [1.29, 1.82) is 0 Å². The first-order chi connectivity index (χ1) is 11.3. The molecule has 0 aliphatic carbocycles. The summed E-state index contributed by atoms with van der Waals surface area (Å²) in [7, 11) is 0. The maximum Gasteiger partial charge on any atom is 0.305 e. The van der Waals surface area contributed by atoms with Crippen molar-refractivity contribution in [1.82, 2.24) is 5.32 Å². The van der Waals surface area contributed by atoms with Gasteiger partial charge in [0.25, 0.3) is 5.91 Å². The highest BCUT2D eigenvalue weighted by molar-refractivity contribution is 5.94. The molecule has 4 heteroatoms. The fourth-order valence-corrected chi connectivity index (χ4v) is 2.47. The Morgan fingerprint density at radius 3 is 2.08 bits per heavy atom. The van der Waals surface area contributed by atoms with Crippen LogP contribution in [0.2, 0.25) is 0 Å². The molecule has 0 radical (unpaired) electrons. The van der Waals surface area contributed by atoms with E-state index in [9.17, 15) is 9.59 Å². The van der Waals surface area contributed by atoms with Gasteiger partial charge in [0.05, 0.1) is 12.5 Å². The maximum atomic E-state index is 12.3. The fourth-order valence-electron chi connectivity index (χ4n) is 2.47. The van der Waals surface area contributed by atoms with Gasteiger partial charge in [0.1, 0.15) is 0 Å². The fraction of sp³-hybridized carbons (Fsp3) is 0.300. The number of hydrogen-bond acceptors (Lipinski definition) is 2. The van der Waals surface area contributed by atoms with Gasteiger partial charge in [0.15, 0.2) is 0 Å². The van der Waals surface area contributed by atoms with Crippen molar-refractivity contribution < 1.29 is 14.7 Å². The second kappa shape index (κ2) is 7.30. The normalized spacial score (nSPS) is 12.5. The van der Waals surface area contributed by atoms with Gasteiger partial charge in [-0.2, -0.15) is 0 Å². The van der Waals surface area contributed by atoms with Crippen LogP contribution in [0.15, 0.2) is 54.6 Å². The number of carbonyl (C=O) groups is 2. The van der Waals surface area contributed by atoms with E-state index in [2.05, 4.69) is 26.1 Å². The third-order valence-corrected chi connectivity index (χ3v) is 3.90. The number of aliphatic carboxylic acids is 1. The molecule has 1 amide bonds. The summed E-state index contributed by atoms with van der Waals surface area (Å²) in [6.07, 6.45) is -0.159. The van der Waals surface area contributed by atoms with Crippen LogP contribution >= 0.6 is 0 Å². The number of benzene rings is 2. The molecule has 0 saturated carbocycles. The van der Waals surface area contributed by atoms with Crippen LogP contribution in [-0.2, 0) is 10.2 Å². The number of hydrogen-bond donors (Lipinski definition) is 2. The highest BCUT2D eigenvalue weighted by Gasteiger charge is 2.20. The molecule has 0 aliphatic rings. The highest BCUT2D eigenvalue weighted by atomic mass is 16.4. The summed E-state index contributed by atoms with van der Waals surface area (Å²) >= 11 is 0. The number of carboxylic acids is 1. The molecule has 4 nitrogen and oxygen atoms in total. The Balaban J connectivity index is 2.22. The first kappa shape index (κ1) is 17.7. The Morgan fingerprint density at radius 1 is 1.00 bits per heavy atom. The van der Waals surface area contributed by atoms with Crippen LogP contribution in [0.4, 0.5) is 0 Å². The highest BCUT2D eigenvalue weighted by Crippen LogP contribution is 2.25. The minimum atomic E-state index is -0.951. The largest absolute Gasteiger partial charge is 0.481 e. The number of rotatable bonds is 5. The Hall–Kier alpha value is -2.62. The lowest BCUT2D eigenvalue weighted by Gasteiger charge is -2.22. The van der Waals surface area contributed by atoms with Crippen LogP contribution in [-0.4, -0.2) is 17.0 Å². The Bertz CT molecular complexity index is 700. The van der Waals surface area contributed by atoms with Crippen LogP contribution in [0, 0.1) is 0 Å². The summed E-state index contributed by atoms with van der Waals surface area (Å²) in [5.74, 6) is -1.23. The third kappa shape index (κ3) is 4.69. The molecule has 2 aromatic rings. The van der Waals surface area contributed by atoms with E-state index in [1.807, 2.05) is 30.3 Å². The van der Waals surface area contributed by atoms with Gasteiger partial charge in [-0.05, 0) is 28.7 Å². The van der Waals surface area contributed by atoms with E-state index in [0.29, 0.717) is 5.56 Å². The van der Waals surface area contributed by atoms with Gasteiger partial charge in [-0.25, -0.2) is 0 Å². The Kier molecular flexibility index (Phi) is 5.39. The van der Waals surface area contributed by atoms with Crippen molar-refractivity contribution in [2.45, 2.75) is 38.6 Å². The van der Waals surface area contributed by atoms with Crippen molar-refractivity contribution in [3.63, 3.8) is 0 Å². The molecule has 0 aliphatic heterocycles. The second-order valence-corrected chi connectivity index (χ2v) is 6.86. The van der Waals surface area contributed by atoms with E-state index < -0.39 is 12.0 Å². The topological polar surface area (TPSA) is 66.4 Å². The van der Waals surface area contributed by atoms with Crippen molar-refractivity contribution in [2.75, 3.05) is 0 Å². The third-order valence-electron chi connectivity index (χ3n) is 3.90. The summed E-state index contributed by atoms with van der Waals surface area (Å²) in [5.41, 5.74) is 2.48. The molecule has 0 aromatic heterocycles. The quantitative estimate of drug-likeness (QED) is 0.875. The first-order valence-electron chi connectivity index (χ1n) is 7.95. The molecule has 0 bridgehead atoms. The van der Waals surface area contributed by atoms with Gasteiger partial charge < -0.3 is 10.4 Å². The smallest absolute Gasteiger partial charge is 0.305 e. The molecule has 0 fully saturated rings. The minimum absolute atomic E-state index is 0.0219. The van der Waals surface area contributed by atoms with Gasteiger partial charge in [-0.3, -0.25) is 9.59 Å². The lowest BCUT2D eigenvalue weighted by atomic mass is 9.86. The summed E-state index contributed by atoms with van der Waals surface area (Å²) in [6, 6.07) is 16.0. The molecule has 0 spiro atoms. The summed E-state index contributed by atoms with van der Waals surface area (Å²) in [4.78, 5) is 23.5.